The number of hydrogen-bond donors (Lipinski definition) is 0. The number of ether oxygens (including phenoxy) is 1. The van der Waals surface area contributed by atoms with Crippen molar-refractivity contribution in [1.29, 1.82) is 0 Å². The average molecular weight is 233 g/mol. The fourth-order valence-corrected chi connectivity index (χ4v) is 1.10. The molecule has 0 unspecified atom stereocenters. The summed E-state index contributed by atoms with van der Waals surface area (Å²) < 4.78 is 5.27. The first-order valence-corrected chi connectivity index (χ1v) is 4.88. The highest BCUT2D eigenvalue weighted by Crippen LogP contribution is 2.22. The molecule has 0 saturated carbocycles. The van der Waals surface area contributed by atoms with Crippen molar-refractivity contribution < 1.29 is 9.53 Å². The number of aryl methyl sites for hydroxylation is 1. The molecule has 0 aliphatic heterocycles. The summed E-state index contributed by atoms with van der Waals surface area (Å²) in [6, 6.07) is 5.18. The molecule has 1 aromatic rings. The maximum Gasteiger partial charge on any atom is 0.262 e. The summed E-state index contributed by atoms with van der Waals surface area (Å²) in [5.74, 6) is 0.591. The number of hydrogen-bond acceptors (Lipinski definition) is 2. The first-order valence-electron chi connectivity index (χ1n) is 4.13. The maximum absolute atomic E-state index is 10.7. The van der Waals surface area contributed by atoms with Gasteiger partial charge in [-0.15, -0.1) is 0 Å². The minimum Gasteiger partial charge on any atom is -0.482 e. The van der Waals surface area contributed by atoms with Gasteiger partial charge in [-0.3, -0.25) is 4.79 Å². The molecule has 0 radical (unpaired) electrons. The Kier molecular flexibility index (Phi) is 3.78. The third-order valence-electron chi connectivity index (χ3n) is 1.76. The Labute approximate surface area is 92.8 Å². The van der Waals surface area contributed by atoms with Crippen molar-refractivity contribution in [1.82, 2.24) is 0 Å². The van der Waals surface area contributed by atoms with E-state index in [-0.39, 0.29) is 0 Å². The van der Waals surface area contributed by atoms with E-state index in [2.05, 4.69) is 0 Å². The third-order valence-corrected chi connectivity index (χ3v) is 2.49. The van der Waals surface area contributed by atoms with Gasteiger partial charge < -0.3 is 4.74 Å². The minimum absolute atomic E-state index is 0.516. The van der Waals surface area contributed by atoms with Crippen molar-refractivity contribution in [3.63, 3.8) is 0 Å². The molecule has 76 valence electrons. The van der Waals surface area contributed by atoms with Crippen molar-refractivity contribution in [3.05, 3.63) is 28.8 Å². The summed E-state index contributed by atoms with van der Waals surface area (Å²) in [5.41, 5.74) is 0.901. The Bertz CT molecular complexity index is 350. The Hall–Kier alpha value is -0.730. The monoisotopic (exact) mass is 232 g/mol. The van der Waals surface area contributed by atoms with Gasteiger partial charge in [0, 0.05) is 5.02 Å². The van der Waals surface area contributed by atoms with E-state index in [1.807, 2.05) is 6.92 Å². The van der Waals surface area contributed by atoms with Gasteiger partial charge in [-0.2, -0.15) is 0 Å². The molecule has 0 saturated heterocycles. The molecule has 0 bridgehead atoms. The van der Waals surface area contributed by atoms with E-state index in [0.717, 1.165) is 5.56 Å². The predicted molar refractivity (Wildman–Crippen MR) is 57.1 cm³/mol. The zero-order valence-electron chi connectivity index (χ0n) is 7.88. The molecule has 14 heavy (non-hydrogen) atoms. The van der Waals surface area contributed by atoms with E-state index in [0.29, 0.717) is 10.8 Å². The molecule has 0 fully saturated rings. The molecule has 0 aromatic heterocycles. The van der Waals surface area contributed by atoms with Gasteiger partial charge in [0.2, 0.25) is 0 Å². The van der Waals surface area contributed by atoms with E-state index in [9.17, 15) is 4.79 Å². The van der Waals surface area contributed by atoms with Gasteiger partial charge in [0.25, 0.3) is 5.24 Å². The highest BCUT2D eigenvalue weighted by molar-refractivity contribution is 6.64. The van der Waals surface area contributed by atoms with Gasteiger partial charge in [-0.05, 0) is 49.2 Å². The van der Waals surface area contributed by atoms with Crippen LogP contribution in [0.1, 0.15) is 12.5 Å². The van der Waals surface area contributed by atoms with E-state index < -0.39 is 11.3 Å². The van der Waals surface area contributed by atoms with Crippen molar-refractivity contribution in [3.8, 4) is 5.75 Å². The van der Waals surface area contributed by atoms with Crippen LogP contribution >= 0.6 is 23.2 Å². The molecule has 0 amide bonds. The topological polar surface area (TPSA) is 26.3 Å². The van der Waals surface area contributed by atoms with Crippen LogP contribution in [-0.2, 0) is 4.79 Å². The highest BCUT2D eigenvalue weighted by atomic mass is 35.5. The summed E-state index contributed by atoms with van der Waals surface area (Å²) in [6.07, 6.45) is -0.641. The summed E-state index contributed by atoms with van der Waals surface area (Å²) in [4.78, 5) is 10.7. The number of rotatable bonds is 3. The number of benzene rings is 1. The molecule has 2 nitrogen and oxygen atoms in total. The van der Waals surface area contributed by atoms with Crippen molar-refractivity contribution in [2.75, 3.05) is 0 Å². The molecule has 1 atom stereocenters. The zero-order chi connectivity index (χ0) is 10.7. The smallest absolute Gasteiger partial charge is 0.262 e. The number of carbonyl (C=O) groups is 1. The molecule has 0 aliphatic rings. The van der Waals surface area contributed by atoms with Gasteiger partial charge in [-0.25, -0.2) is 0 Å². The molecule has 0 heterocycles. The average Bonchev–Trinajstić information content (AvgIpc) is 2.11. The van der Waals surface area contributed by atoms with Gasteiger partial charge >= 0.3 is 0 Å². The molecule has 0 aliphatic carbocycles. The van der Waals surface area contributed by atoms with Gasteiger partial charge in [0.1, 0.15) is 5.75 Å². The number of halogens is 2. The second-order valence-electron chi connectivity index (χ2n) is 2.98. The highest BCUT2D eigenvalue weighted by Gasteiger charge is 2.11. The van der Waals surface area contributed by atoms with Gasteiger partial charge in [0.05, 0.1) is 0 Å². The van der Waals surface area contributed by atoms with E-state index in [1.54, 1.807) is 25.1 Å². The molecule has 4 heteroatoms. The lowest BCUT2D eigenvalue weighted by Crippen LogP contribution is -2.18. The number of carbonyl (C=O) groups excluding carboxylic acids is 1. The SMILES string of the molecule is Cc1cc(O[C@@H](C)C(=O)Cl)ccc1Cl. The Morgan fingerprint density at radius 2 is 2.14 bits per heavy atom. The van der Waals surface area contributed by atoms with Crippen LogP contribution in [0.4, 0.5) is 0 Å². The summed E-state index contributed by atoms with van der Waals surface area (Å²) in [7, 11) is 0. The van der Waals surface area contributed by atoms with Gasteiger partial charge in [0.15, 0.2) is 6.10 Å². The molecular weight excluding hydrogens is 223 g/mol. The first-order chi connectivity index (χ1) is 6.50. The standard InChI is InChI=1S/C10H10Cl2O2/c1-6-5-8(3-4-9(6)11)14-7(2)10(12)13/h3-5,7H,1-2H3/t7-/m0/s1. The van der Waals surface area contributed by atoms with Gasteiger partial charge in [-0.1, -0.05) is 11.6 Å². The lowest BCUT2D eigenvalue weighted by molar-refractivity contribution is -0.117. The second-order valence-corrected chi connectivity index (χ2v) is 3.75. The molecule has 0 spiro atoms. The van der Waals surface area contributed by atoms with Crippen molar-refractivity contribution >= 4 is 28.4 Å². The van der Waals surface area contributed by atoms with Crippen molar-refractivity contribution in [2.45, 2.75) is 20.0 Å². The normalized spacial score (nSPS) is 12.3. The van der Waals surface area contributed by atoms with Crippen LogP contribution in [0.5, 0.6) is 5.75 Å². The lowest BCUT2D eigenvalue weighted by atomic mass is 10.2. The Morgan fingerprint density at radius 3 is 2.64 bits per heavy atom. The van der Waals surface area contributed by atoms with Crippen LogP contribution in [0.25, 0.3) is 0 Å². The second kappa shape index (κ2) is 4.67. The molecule has 1 aromatic carbocycles. The first kappa shape index (κ1) is 11.3. The molecule has 1 rings (SSSR count). The summed E-state index contributed by atoms with van der Waals surface area (Å²) >= 11 is 11.1. The zero-order valence-corrected chi connectivity index (χ0v) is 9.39. The summed E-state index contributed by atoms with van der Waals surface area (Å²) in [5, 5.41) is 0.153. The fraction of sp³-hybridized carbons (Fsp3) is 0.300. The largest absolute Gasteiger partial charge is 0.482 e. The predicted octanol–water partition coefficient (Wildman–Crippen LogP) is 3.18. The minimum atomic E-state index is -0.641. The van der Waals surface area contributed by atoms with E-state index >= 15 is 0 Å². The summed E-state index contributed by atoms with van der Waals surface area (Å²) in [6.45, 7) is 3.46. The molecule has 0 N–H and O–H groups in total. The fourth-order valence-electron chi connectivity index (χ4n) is 0.941. The van der Waals surface area contributed by atoms with E-state index in [1.165, 1.54) is 0 Å². The molecular formula is C10H10Cl2O2. The van der Waals surface area contributed by atoms with Crippen LogP contribution in [0.15, 0.2) is 18.2 Å². The van der Waals surface area contributed by atoms with E-state index in [4.69, 9.17) is 27.9 Å². The van der Waals surface area contributed by atoms with Crippen molar-refractivity contribution in [2.24, 2.45) is 0 Å². The maximum atomic E-state index is 10.7. The lowest BCUT2D eigenvalue weighted by Gasteiger charge is -2.11. The Balaban J connectivity index is 2.78. The van der Waals surface area contributed by atoms with Crippen LogP contribution < -0.4 is 4.74 Å². The van der Waals surface area contributed by atoms with Crippen LogP contribution in [0, 0.1) is 6.92 Å². The van der Waals surface area contributed by atoms with Crippen LogP contribution in [-0.4, -0.2) is 11.3 Å². The third kappa shape index (κ3) is 2.89. The van der Waals surface area contributed by atoms with Crippen LogP contribution in [0.2, 0.25) is 5.02 Å². The quantitative estimate of drug-likeness (QED) is 0.749. The van der Waals surface area contributed by atoms with Crippen LogP contribution in [0.3, 0.4) is 0 Å². The Morgan fingerprint density at radius 1 is 1.50 bits per heavy atom.